The Labute approximate surface area is 154 Å². The van der Waals surface area contributed by atoms with Gasteiger partial charge in [-0.05, 0) is 44.6 Å². The number of esters is 2. The van der Waals surface area contributed by atoms with E-state index >= 15 is 0 Å². The maximum absolute atomic E-state index is 12.3. The number of ether oxygens (including phenoxy) is 2. The molecule has 0 spiro atoms. The smallest absolute Gasteiger partial charge is 0.334 e. The molecule has 0 aromatic rings. The standard InChI is InChI=1S/C20H28O6/c1-4-12(2)19(23)25-16-8-14(10-21)6-5-7-15(11-22)9-17-18(16)13(3)20(24)26-17/h4,6,15-18,21-22H,3,5,7-11H2,1-2H3/b12-4?,14-6+/t15-,16-,17-,18-/m1/s1. The Morgan fingerprint density at radius 3 is 2.81 bits per heavy atom. The Bertz CT molecular complexity index is 618. The number of aliphatic hydroxyl groups is 2. The largest absolute Gasteiger partial charge is 0.458 e. The van der Waals surface area contributed by atoms with E-state index in [1.165, 1.54) is 0 Å². The number of allylic oxidation sites excluding steroid dienone is 2. The van der Waals surface area contributed by atoms with Gasteiger partial charge in [0.1, 0.15) is 12.2 Å². The minimum absolute atomic E-state index is 0.0162. The van der Waals surface area contributed by atoms with Crippen LogP contribution in [0.4, 0.5) is 0 Å². The second kappa shape index (κ2) is 9.14. The molecule has 0 saturated carbocycles. The number of fused-ring (bicyclic) bond motifs is 1. The zero-order chi connectivity index (χ0) is 19.3. The van der Waals surface area contributed by atoms with E-state index in [2.05, 4.69) is 6.58 Å². The van der Waals surface area contributed by atoms with Gasteiger partial charge in [-0.3, -0.25) is 0 Å². The second-order valence-corrected chi connectivity index (χ2v) is 7.00. The van der Waals surface area contributed by atoms with Crippen molar-refractivity contribution in [2.75, 3.05) is 13.2 Å². The van der Waals surface area contributed by atoms with Gasteiger partial charge in [0, 0.05) is 24.2 Å². The van der Waals surface area contributed by atoms with Gasteiger partial charge in [0.05, 0.1) is 12.5 Å². The normalized spacial score (nSPS) is 32.3. The van der Waals surface area contributed by atoms with Gasteiger partial charge in [0.25, 0.3) is 0 Å². The maximum atomic E-state index is 12.3. The molecule has 0 amide bonds. The lowest BCUT2D eigenvalue weighted by atomic mass is 9.81. The second-order valence-electron chi connectivity index (χ2n) is 7.00. The third-order valence-corrected chi connectivity index (χ3v) is 5.24. The molecule has 2 rings (SSSR count). The quantitative estimate of drug-likeness (QED) is 0.451. The summed E-state index contributed by atoms with van der Waals surface area (Å²) in [5.41, 5.74) is 1.49. The Morgan fingerprint density at radius 1 is 1.46 bits per heavy atom. The summed E-state index contributed by atoms with van der Waals surface area (Å²) in [6, 6.07) is 0. The van der Waals surface area contributed by atoms with E-state index in [0.717, 1.165) is 12.0 Å². The van der Waals surface area contributed by atoms with Crippen LogP contribution in [0.1, 0.15) is 39.5 Å². The number of hydrogen-bond acceptors (Lipinski definition) is 6. The monoisotopic (exact) mass is 364 g/mol. The van der Waals surface area contributed by atoms with Gasteiger partial charge in [-0.1, -0.05) is 18.7 Å². The van der Waals surface area contributed by atoms with Crippen LogP contribution in [0.15, 0.2) is 35.5 Å². The average molecular weight is 364 g/mol. The summed E-state index contributed by atoms with van der Waals surface area (Å²) in [4.78, 5) is 24.4. The Balaban J connectivity index is 2.37. The number of rotatable bonds is 4. The predicted molar refractivity (Wildman–Crippen MR) is 96.0 cm³/mol. The molecule has 1 aliphatic heterocycles. The molecule has 6 nitrogen and oxygen atoms in total. The molecular weight excluding hydrogens is 336 g/mol. The van der Waals surface area contributed by atoms with Crippen LogP contribution >= 0.6 is 0 Å². The first-order valence-corrected chi connectivity index (χ1v) is 9.04. The highest BCUT2D eigenvalue weighted by Gasteiger charge is 2.46. The summed E-state index contributed by atoms with van der Waals surface area (Å²) in [6.07, 6.45) is 4.68. The van der Waals surface area contributed by atoms with Gasteiger partial charge in [0.15, 0.2) is 0 Å². The first kappa shape index (κ1) is 20.4. The Morgan fingerprint density at radius 2 is 2.19 bits per heavy atom. The summed E-state index contributed by atoms with van der Waals surface area (Å²) < 4.78 is 11.2. The third kappa shape index (κ3) is 4.62. The predicted octanol–water partition coefficient (Wildman–Crippen LogP) is 2.06. The highest BCUT2D eigenvalue weighted by atomic mass is 16.6. The number of carbonyl (C=O) groups excluding carboxylic acids is 2. The lowest BCUT2D eigenvalue weighted by Gasteiger charge is -2.30. The highest BCUT2D eigenvalue weighted by Crippen LogP contribution is 2.38. The average Bonchev–Trinajstić information content (AvgIpc) is 2.91. The van der Waals surface area contributed by atoms with Gasteiger partial charge in [-0.15, -0.1) is 0 Å². The molecule has 2 N–H and O–H groups in total. The summed E-state index contributed by atoms with van der Waals surface area (Å²) in [5, 5.41) is 19.3. The first-order valence-electron chi connectivity index (χ1n) is 9.04. The lowest BCUT2D eigenvalue weighted by molar-refractivity contribution is -0.148. The molecule has 1 aliphatic carbocycles. The van der Waals surface area contributed by atoms with Crippen molar-refractivity contribution >= 4 is 11.9 Å². The molecule has 4 atom stereocenters. The van der Waals surface area contributed by atoms with Gasteiger partial charge in [0.2, 0.25) is 0 Å². The summed E-state index contributed by atoms with van der Waals surface area (Å²) >= 11 is 0. The van der Waals surface area contributed by atoms with Crippen molar-refractivity contribution in [2.24, 2.45) is 11.8 Å². The van der Waals surface area contributed by atoms with E-state index in [0.29, 0.717) is 24.8 Å². The minimum Gasteiger partial charge on any atom is -0.458 e. The topological polar surface area (TPSA) is 93.1 Å². The van der Waals surface area contributed by atoms with E-state index in [1.54, 1.807) is 19.9 Å². The van der Waals surface area contributed by atoms with Gasteiger partial charge in [-0.25, -0.2) is 9.59 Å². The fourth-order valence-electron chi connectivity index (χ4n) is 3.50. The van der Waals surface area contributed by atoms with Crippen LogP contribution in [-0.2, 0) is 19.1 Å². The van der Waals surface area contributed by atoms with Crippen LogP contribution in [0.2, 0.25) is 0 Å². The molecule has 144 valence electrons. The fraction of sp³-hybridized carbons (Fsp3) is 0.600. The zero-order valence-electron chi connectivity index (χ0n) is 15.4. The van der Waals surface area contributed by atoms with E-state index in [1.807, 2.05) is 6.08 Å². The highest BCUT2D eigenvalue weighted by molar-refractivity contribution is 5.91. The summed E-state index contributed by atoms with van der Waals surface area (Å²) in [7, 11) is 0. The van der Waals surface area contributed by atoms with E-state index in [-0.39, 0.29) is 24.7 Å². The van der Waals surface area contributed by atoms with Crippen LogP contribution in [0, 0.1) is 11.8 Å². The van der Waals surface area contributed by atoms with Crippen molar-refractivity contribution in [2.45, 2.75) is 51.7 Å². The van der Waals surface area contributed by atoms with E-state index in [4.69, 9.17) is 9.47 Å². The fourth-order valence-corrected chi connectivity index (χ4v) is 3.50. The molecule has 1 saturated heterocycles. The summed E-state index contributed by atoms with van der Waals surface area (Å²) in [5.74, 6) is -1.48. The summed E-state index contributed by atoms with van der Waals surface area (Å²) in [6.45, 7) is 7.09. The molecule has 0 aromatic heterocycles. The molecule has 0 unspecified atom stereocenters. The van der Waals surface area contributed by atoms with Crippen LogP contribution < -0.4 is 0 Å². The lowest BCUT2D eigenvalue weighted by Crippen LogP contribution is -2.36. The molecule has 0 radical (unpaired) electrons. The van der Waals surface area contributed by atoms with E-state index < -0.39 is 30.1 Å². The van der Waals surface area contributed by atoms with Gasteiger partial charge in [-0.2, -0.15) is 0 Å². The zero-order valence-corrected chi connectivity index (χ0v) is 15.4. The van der Waals surface area contributed by atoms with E-state index in [9.17, 15) is 19.8 Å². The molecule has 26 heavy (non-hydrogen) atoms. The Hall–Kier alpha value is -1.92. The first-order chi connectivity index (χ1) is 12.4. The van der Waals surface area contributed by atoms with Crippen molar-refractivity contribution in [1.82, 2.24) is 0 Å². The molecular formula is C20H28O6. The van der Waals surface area contributed by atoms with Crippen molar-refractivity contribution in [3.63, 3.8) is 0 Å². The van der Waals surface area contributed by atoms with Crippen molar-refractivity contribution in [1.29, 1.82) is 0 Å². The van der Waals surface area contributed by atoms with Gasteiger partial charge >= 0.3 is 11.9 Å². The Kier molecular flexibility index (Phi) is 7.17. The minimum atomic E-state index is -0.655. The van der Waals surface area contributed by atoms with Crippen LogP contribution in [0.5, 0.6) is 0 Å². The molecule has 1 heterocycles. The molecule has 2 aliphatic rings. The van der Waals surface area contributed by atoms with Crippen molar-refractivity contribution in [3.8, 4) is 0 Å². The van der Waals surface area contributed by atoms with Crippen LogP contribution in [-0.4, -0.2) is 47.6 Å². The number of aliphatic hydroxyl groups excluding tert-OH is 2. The number of hydrogen-bond donors (Lipinski definition) is 2. The maximum Gasteiger partial charge on any atom is 0.334 e. The van der Waals surface area contributed by atoms with Crippen LogP contribution in [0.25, 0.3) is 0 Å². The SMILES string of the molecule is C=C1C(=O)O[C@@H]2C[C@H](CO)CC/C=C(/CO)C[C@@H](OC(=O)C(C)=CC)[C@@H]12. The van der Waals surface area contributed by atoms with Crippen LogP contribution in [0.3, 0.4) is 0 Å². The van der Waals surface area contributed by atoms with Crippen molar-refractivity contribution in [3.05, 3.63) is 35.5 Å². The molecule has 6 heteroatoms. The molecule has 1 fully saturated rings. The van der Waals surface area contributed by atoms with Crippen molar-refractivity contribution < 1.29 is 29.3 Å². The van der Waals surface area contributed by atoms with Gasteiger partial charge < -0.3 is 19.7 Å². The third-order valence-electron chi connectivity index (χ3n) is 5.24. The molecule has 0 bridgehead atoms. The molecule has 0 aromatic carbocycles. The number of carbonyl (C=O) groups is 2.